The first-order chi connectivity index (χ1) is 32.7. The van der Waals surface area contributed by atoms with E-state index in [1.165, 1.54) is 85.0 Å². The van der Waals surface area contributed by atoms with Gasteiger partial charge >= 0.3 is 0 Å². The van der Waals surface area contributed by atoms with Gasteiger partial charge in [0.05, 0.1) is 12.2 Å². The zero-order valence-electron chi connectivity index (χ0n) is 38.4. The van der Waals surface area contributed by atoms with Crippen LogP contribution < -0.4 is 18.9 Å². The Morgan fingerprint density at radius 1 is 0.433 bits per heavy atom. The highest BCUT2D eigenvalue weighted by atomic mass is 16.7. The smallest absolute Gasteiger partial charge is 0.231 e. The van der Waals surface area contributed by atoms with Crippen molar-refractivity contribution in [2.75, 3.05) is 39.8 Å². The van der Waals surface area contributed by atoms with Crippen LogP contribution >= 0.6 is 0 Å². The van der Waals surface area contributed by atoms with Crippen molar-refractivity contribution in [3.05, 3.63) is 191 Å². The Labute approximate surface area is 395 Å². The average molecular weight is 901 g/mol. The van der Waals surface area contributed by atoms with E-state index in [1.807, 2.05) is 12.1 Å². The van der Waals surface area contributed by atoms with E-state index in [9.17, 15) is 0 Å². The quantitative estimate of drug-likeness (QED) is 0.107. The molecule has 2 aliphatic carbocycles. The molecule has 4 saturated heterocycles. The minimum atomic E-state index is -0.0209. The summed E-state index contributed by atoms with van der Waals surface area (Å²) in [4.78, 5) is 5.36. The summed E-state index contributed by atoms with van der Waals surface area (Å²) in [5.41, 5.74) is 7.55. The summed E-state index contributed by atoms with van der Waals surface area (Å²) < 4.78 is 36.0. The Balaban J connectivity index is 0.000000154. The molecule has 9 heteroatoms. The molecule has 6 atom stereocenters. The highest BCUT2D eigenvalue weighted by molar-refractivity contribution is 5.45. The third kappa shape index (κ3) is 10.4. The van der Waals surface area contributed by atoms with Crippen molar-refractivity contribution in [2.24, 2.45) is 11.8 Å². The maximum Gasteiger partial charge on any atom is 0.231 e. The van der Waals surface area contributed by atoms with Gasteiger partial charge < -0.3 is 33.9 Å². The van der Waals surface area contributed by atoms with Crippen LogP contribution in [0, 0.1) is 11.8 Å². The van der Waals surface area contributed by atoms with Gasteiger partial charge in [-0.3, -0.25) is 9.80 Å². The Kier molecular flexibility index (Phi) is 14.2. The number of nitrogens with zero attached hydrogens (tertiary/aromatic N) is 2. The lowest BCUT2D eigenvalue weighted by atomic mass is 9.77. The average Bonchev–Trinajstić information content (AvgIpc) is 4.07. The van der Waals surface area contributed by atoms with Crippen molar-refractivity contribution in [3.8, 4) is 23.0 Å². The molecule has 0 spiro atoms. The summed E-state index contributed by atoms with van der Waals surface area (Å²) in [7, 11) is 0. The van der Waals surface area contributed by atoms with Crippen LogP contribution in [0.4, 0.5) is 0 Å². The van der Waals surface area contributed by atoms with Crippen molar-refractivity contribution in [2.45, 2.75) is 87.9 Å². The van der Waals surface area contributed by atoms with Gasteiger partial charge in [-0.15, -0.1) is 0 Å². The van der Waals surface area contributed by atoms with Crippen molar-refractivity contribution in [3.63, 3.8) is 0 Å². The largest absolute Gasteiger partial charge is 0.454 e. The molecule has 14 rings (SSSR count). The van der Waals surface area contributed by atoms with Gasteiger partial charge in [-0.25, -0.2) is 0 Å². The van der Waals surface area contributed by atoms with Gasteiger partial charge in [0.15, 0.2) is 23.0 Å². The lowest BCUT2D eigenvalue weighted by Gasteiger charge is -2.50. The van der Waals surface area contributed by atoms with E-state index < -0.39 is 0 Å². The molecule has 0 radical (unpaired) electrons. The molecule has 2 N–H and O–H groups in total. The van der Waals surface area contributed by atoms with E-state index in [-0.39, 0.29) is 29.9 Å². The monoisotopic (exact) mass is 900 g/mol. The third-order valence-corrected chi connectivity index (χ3v) is 14.9. The minimum absolute atomic E-state index is 0. The van der Waals surface area contributed by atoms with Crippen molar-refractivity contribution in [1.29, 1.82) is 0 Å². The van der Waals surface area contributed by atoms with Gasteiger partial charge in [-0.1, -0.05) is 133 Å². The summed E-state index contributed by atoms with van der Waals surface area (Å²) >= 11 is 0. The van der Waals surface area contributed by atoms with Gasteiger partial charge in [0, 0.05) is 38.3 Å². The first kappa shape index (κ1) is 45.1. The predicted molar refractivity (Wildman–Crippen MR) is 261 cm³/mol. The molecule has 67 heavy (non-hydrogen) atoms. The first-order valence-electron chi connectivity index (χ1n) is 24.4. The molecule has 6 aromatic rings. The number of benzene rings is 6. The highest BCUT2D eigenvalue weighted by Crippen LogP contribution is 2.43. The lowest BCUT2D eigenvalue weighted by molar-refractivity contribution is -0.110. The van der Waals surface area contributed by atoms with Gasteiger partial charge in [-0.05, 0) is 121 Å². The Hall–Kier alpha value is -5.68. The van der Waals surface area contributed by atoms with E-state index in [4.69, 9.17) is 28.4 Å². The summed E-state index contributed by atoms with van der Waals surface area (Å²) in [6.45, 7) is 5.16. The molecule has 8 aliphatic rings. The molecule has 6 unspecified atom stereocenters. The molecule has 6 heterocycles. The molecule has 0 amide bonds. The van der Waals surface area contributed by atoms with E-state index in [2.05, 4.69) is 155 Å². The zero-order valence-corrected chi connectivity index (χ0v) is 38.4. The zero-order chi connectivity index (χ0) is 44.1. The van der Waals surface area contributed by atoms with Gasteiger partial charge in [0.2, 0.25) is 13.6 Å². The topological polar surface area (TPSA) is 93.4 Å². The van der Waals surface area contributed by atoms with Crippen molar-refractivity contribution >= 4 is 0 Å². The number of ether oxygens (including phenoxy) is 6. The normalized spacial score (nSPS) is 23.5. The van der Waals surface area contributed by atoms with Crippen LogP contribution in [0.3, 0.4) is 0 Å². The fourth-order valence-corrected chi connectivity index (χ4v) is 11.6. The lowest BCUT2D eigenvalue weighted by Crippen LogP contribution is -2.57. The van der Waals surface area contributed by atoms with Crippen LogP contribution in [0.1, 0.15) is 84.1 Å². The SMILES string of the molecule is O.c1ccc(C(OC2CC3CCC2N(CCc2ccc4c(c2)OCO4)C3)c2ccccc2)cc1.c1ccc(C(OC2CC3CCC2N(CCc2ccc4c(c2)OCO4)C3)c2ccccc2)cc1. The standard InChI is InChI=1S/2C29H31NO3.H2O/c2*1-3-7-23(8-4-1)29(24-9-5-2-6-10-24)33-27-18-22-11-13-25(27)30(19-22)16-15-21-12-14-26-28(17-21)32-20-31-26;/h2*1-10,12,14,17,22,25,27,29H,11,13,15-16,18-20H2;1H2. The van der Waals surface area contributed by atoms with Crippen LogP contribution in [0.5, 0.6) is 23.0 Å². The number of hydrogen-bond acceptors (Lipinski definition) is 8. The van der Waals surface area contributed by atoms with Gasteiger partial charge in [0.1, 0.15) is 12.2 Å². The Morgan fingerprint density at radius 3 is 1.15 bits per heavy atom. The molecular formula is C58H64N2O7. The summed E-state index contributed by atoms with van der Waals surface area (Å²) in [5.74, 6) is 4.92. The number of piperidine rings is 4. The van der Waals surface area contributed by atoms with Crippen LogP contribution in [0.15, 0.2) is 158 Å². The molecule has 348 valence electrons. The second kappa shape index (κ2) is 21.1. The minimum Gasteiger partial charge on any atom is -0.454 e. The maximum atomic E-state index is 6.96. The molecule has 0 aromatic heterocycles. The van der Waals surface area contributed by atoms with Crippen LogP contribution in [0.2, 0.25) is 0 Å². The van der Waals surface area contributed by atoms with E-state index in [1.54, 1.807) is 0 Å². The fraction of sp³-hybridized carbons (Fsp3) is 0.379. The van der Waals surface area contributed by atoms with E-state index in [0.29, 0.717) is 25.7 Å². The second-order valence-electron chi connectivity index (χ2n) is 19.1. The van der Waals surface area contributed by atoms with Crippen LogP contribution in [0.25, 0.3) is 0 Å². The first-order valence-corrected chi connectivity index (χ1v) is 24.4. The predicted octanol–water partition coefficient (Wildman–Crippen LogP) is 10.4. The molecule has 6 aliphatic heterocycles. The molecule has 6 fully saturated rings. The second-order valence-corrected chi connectivity index (χ2v) is 19.1. The van der Waals surface area contributed by atoms with Crippen molar-refractivity contribution in [1.82, 2.24) is 9.80 Å². The summed E-state index contributed by atoms with van der Waals surface area (Å²) in [5, 5.41) is 0. The third-order valence-electron chi connectivity index (χ3n) is 14.9. The highest BCUT2D eigenvalue weighted by Gasteiger charge is 2.44. The number of fused-ring (bicyclic) bond motifs is 8. The van der Waals surface area contributed by atoms with Gasteiger partial charge in [0.25, 0.3) is 0 Å². The molecular weight excluding hydrogens is 837 g/mol. The molecule has 4 bridgehead atoms. The van der Waals surface area contributed by atoms with Crippen molar-refractivity contribution < 1.29 is 33.9 Å². The van der Waals surface area contributed by atoms with Crippen LogP contribution in [-0.4, -0.2) is 79.3 Å². The summed E-state index contributed by atoms with van der Waals surface area (Å²) in [6, 6.07) is 56.4. The fourth-order valence-electron chi connectivity index (χ4n) is 11.6. The molecule has 2 saturated carbocycles. The number of hydrogen-bond donors (Lipinski definition) is 0. The van der Waals surface area contributed by atoms with Gasteiger partial charge in [-0.2, -0.15) is 0 Å². The van der Waals surface area contributed by atoms with E-state index in [0.717, 1.165) is 60.8 Å². The summed E-state index contributed by atoms with van der Waals surface area (Å²) in [6.07, 6.45) is 9.97. The number of rotatable bonds is 14. The maximum absolute atomic E-state index is 6.96. The Morgan fingerprint density at radius 2 is 0.791 bits per heavy atom. The molecule has 6 aromatic carbocycles. The van der Waals surface area contributed by atoms with E-state index >= 15 is 0 Å². The molecule has 9 nitrogen and oxygen atoms in total. The van der Waals surface area contributed by atoms with Crippen LogP contribution in [-0.2, 0) is 22.3 Å². The Bertz CT molecular complexity index is 2240.